The second kappa shape index (κ2) is 5.85. The van der Waals surface area contributed by atoms with Gasteiger partial charge in [-0.1, -0.05) is 11.8 Å². The minimum absolute atomic E-state index is 0.00538. The van der Waals surface area contributed by atoms with E-state index < -0.39 is 12.0 Å². The van der Waals surface area contributed by atoms with Gasteiger partial charge in [0.2, 0.25) is 5.91 Å². The van der Waals surface area contributed by atoms with Gasteiger partial charge >= 0.3 is 6.09 Å². The van der Waals surface area contributed by atoms with Gasteiger partial charge in [0.25, 0.3) is 0 Å². The van der Waals surface area contributed by atoms with Crippen LogP contribution in [0.4, 0.5) is 10.6 Å². The van der Waals surface area contributed by atoms with E-state index in [1.165, 1.54) is 18.4 Å². The summed E-state index contributed by atoms with van der Waals surface area (Å²) in [4.78, 5) is 31.3. The molecule has 0 aliphatic rings. The van der Waals surface area contributed by atoms with Crippen molar-refractivity contribution in [2.75, 3.05) is 18.6 Å². The van der Waals surface area contributed by atoms with Crippen molar-refractivity contribution in [1.29, 1.82) is 0 Å². The molecule has 9 heteroatoms. The number of imide groups is 1. The Bertz CT molecular complexity index is 628. The summed E-state index contributed by atoms with van der Waals surface area (Å²) in [6, 6.07) is 1.84. The Labute approximate surface area is 116 Å². The quantitative estimate of drug-likeness (QED) is 0.648. The monoisotopic (exact) mass is 298 g/mol. The van der Waals surface area contributed by atoms with Gasteiger partial charge in [-0.05, 0) is 11.4 Å². The fourth-order valence-electron chi connectivity index (χ4n) is 1.25. The molecule has 0 bridgehead atoms. The molecule has 100 valence electrons. The first-order valence-electron chi connectivity index (χ1n) is 5.11. The Morgan fingerprint density at radius 2 is 2.32 bits per heavy atom. The van der Waals surface area contributed by atoms with Crippen LogP contribution in [0.5, 0.6) is 0 Å². The molecule has 0 aromatic carbocycles. The third-order valence-electron chi connectivity index (χ3n) is 2.09. The molecule has 0 radical (unpaired) electrons. The van der Waals surface area contributed by atoms with Gasteiger partial charge in [-0.3, -0.25) is 10.1 Å². The Hall–Kier alpha value is -1.87. The molecule has 0 saturated heterocycles. The number of nitrogens with zero attached hydrogens (tertiary/aromatic N) is 2. The summed E-state index contributed by atoms with van der Waals surface area (Å²) in [7, 11) is 1.18. The molecule has 7 nitrogen and oxygen atoms in total. The number of rotatable bonds is 3. The van der Waals surface area contributed by atoms with E-state index in [9.17, 15) is 9.59 Å². The van der Waals surface area contributed by atoms with Crippen LogP contribution < -0.4 is 11.1 Å². The lowest BCUT2D eigenvalue weighted by Crippen LogP contribution is -2.31. The number of amides is 2. The average molecular weight is 298 g/mol. The number of nitrogens with one attached hydrogen (secondary N) is 1. The summed E-state index contributed by atoms with van der Waals surface area (Å²) >= 11 is 2.54. The molecule has 0 saturated carbocycles. The zero-order valence-corrected chi connectivity index (χ0v) is 11.5. The van der Waals surface area contributed by atoms with Crippen molar-refractivity contribution < 1.29 is 14.3 Å². The van der Waals surface area contributed by atoms with Crippen molar-refractivity contribution >= 4 is 51.1 Å². The summed E-state index contributed by atoms with van der Waals surface area (Å²) in [5.41, 5.74) is 5.78. The number of carbonyl (C=O) groups is 2. The van der Waals surface area contributed by atoms with Crippen molar-refractivity contribution in [1.82, 2.24) is 15.3 Å². The highest BCUT2D eigenvalue weighted by Crippen LogP contribution is 2.25. The summed E-state index contributed by atoms with van der Waals surface area (Å²) in [5.74, 6) is -0.0989. The molecule has 3 N–H and O–H groups in total. The van der Waals surface area contributed by atoms with Gasteiger partial charge in [0, 0.05) is 0 Å². The molecule has 2 aromatic heterocycles. The highest BCUT2D eigenvalue weighted by atomic mass is 32.2. The Balaban J connectivity index is 2.01. The number of anilines is 1. The van der Waals surface area contributed by atoms with Gasteiger partial charge in [-0.15, -0.1) is 11.3 Å². The maximum absolute atomic E-state index is 11.4. The average Bonchev–Trinajstić information content (AvgIpc) is 2.85. The third-order valence-corrected chi connectivity index (χ3v) is 3.75. The van der Waals surface area contributed by atoms with E-state index in [2.05, 4.69) is 14.7 Å². The van der Waals surface area contributed by atoms with E-state index in [1.54, 1.807) is 0 Å². The van der Waals surface area contributed by atoms with Crippen LogP contribution in [0.3, 0.4) is 0 Å². The van der Waals surface area contributed by atoms with Crippen LogP contribution in [0.15, 0.2) is 16.6 Å². The Kier molecular flexibility index (Phi) is 4.17. The van der Waals surface area contributed by atoms with Crippen molar-refractivity contribution in [2.45, 2.75) is 5.16 Å². The van der Waals surface area contributed by atoms with Gasteiger partial charge < -0.3 is 10.5 Å². The number of ether oxygens (including phenoxy) is 1. The van der Waals surface area contributed by atoms with Crippen LogP contribution in [-0.2, 0) is 9.53 Å². The fourth-order valence-corrected chi connectivity index (χ4v) is 2.73. The van der Waals surface area contributed by atoms with Crippen LogP contribution in [0.25, 0.3) is 10.2 Å². The lowest BCUT2D eigenvalue weighted by Gasteiger charge is -2.03. The van der Waals surface area contributed by atoms with E-state index in [0.717, 1.165) is 22.0 Å². The molecule has 2 amide bonds. The number of aromatic nitrogens is 2. The van der Waals surface area contributed by atoms with Crippen molar-refractivity contribution in [3.63, 3.8) is 0 Å². The normalized spacial score (nSPS) is 10.4. The van der Waals surface area contributed by atoms with E-state index in [1.807, 2.05) is 16.8 Å². The number of hydrogen-bond acceptors (Lipinski definition) is 8. The molecule has 2 rings (SSSR count). The van der Waals surface area contributed by atoms with Gasteiger partial charge in [0.1, 0.15) is 10.6 Å². The van der Waals surface area contributed by atoms with Crippen molar-refractivity contribution in [2.24, 2.45) is 0 Å². The number of hydrogen-bond donors (Lipinski definition) is 2. The van der Waals surface area contributed by atoms with Crippen molar-refractivity contribution in [3.8, 4) is 0 Å². The predicted molar refractivity (Wildman–Crippen MR) is 73.1 cm³/mol. The summed E-state index contributed by atoms with van der Waals surface area (Å²) in [6.45, 7) is 0. The van der Waals surface area contributed by atoms with Crippen LogP contribution in [-0.4, -0.2) is 34.8 Å². The van der Waals surface area contributed by atoms with E-state index in [4.69, 9.17) is 5.73 Å². The van der Waals surface area contributed by atoms with E-state index in [0.29, 0.717) is 11.0 Å². The fraction of sp³-hybridized carbons (Fsp3) is 0.200. The van der Waals surface area contributed by atoms with Crippen molar-refractivity contribution in [3.05, 3.63) is 11.4 Å². The maximum Gasteiger partial charge on any atom is 0.413 e. The van der Waals surface area contributed by atoms with Crippen LogP contribution >= 0.6 is 23.1 Å². The molecule has 0 aliphatic carbocycles. The molecule has 19 heavy (non-hydrogen) atoms. The topological polar surface area (TPSA) is 107 Å². The first-order valence-corrected chi connectivity index (χ1v) is 6.98. The predicted octanol–water partition coefficient (Wildman–Crippen LogP) is 1.25. The molecule has 2 aromatic rings. The lowest BCUT2D eigenvalue weighted by atomic mass is 10.4. The number of alkyl carbamates (subject to hydrolysis) is 1. The number of nitrogen functional groups attached to an aromatic ring is 1. The lowest BCUT2D eigenvalue weighted by molar-refractivity contribution is -0.117. The van der Waals surface area contributed by atoms with Gasteiger partial charge in [-0.25, -0.2) is 14.8 Å². The number of thiophene rings is 1. The number of carbonyl (C=O) groups excluding carboxylic acids is 2. The molecule has 0 unspecified atom stereocenters. The highest BCUT2D eigenvalue weighted by Gasteiger charge is 2.11. The second-order valence-corrected chi connectivity index (χ2v) is 5.20. The molecule has 0 spiro atoms. The molecule has 0 atom stereocenters. The van der Waals surface area contributed by atoms with Crippen LogP contribution in [0.2, 0.25) is 0 Å². The number of thioether (sulfide) groups is 1. The minimum atomic E-state index is -0.792. The summed E-state index contributed by atoms with van der Waals surface area (Å²) in [6.07, 6.45) is -0.792. The molecule has 0 fully saturated rings. The van der Waals surface area contributed by atoms with Crippen LogP contribution in [0, 0.1) is 0 Å². The number of methoxy groups -OCH3 is 1. The SMILES string of the molecule is COC(=O)NC(=O)CSc1nc(N)c2ccsc2n1. The number of fused-ring (bicyclic) bond motifs is 1. The Morgan fingerprint density at radius 1 is 1.53 bits per heavy atom. The van der Waals surface area contributed by atoms with E-state index >= 15 is 0 Å². The highest BCUT2D eigenvalue weighted by molar-refractivity contribution is 7.99. The van der Waals surface area contributed by atoms with Crippen LogP contribution in [0.1, 0.15) is 0 Å². The second-order valence-electron chi connectivity index (χ2n) is 3.36. The third kappa shape index (κ3) is 3.32. The Morgan fingerprint density at radius 3 is 3.05 bits per heavy atom. The molecule has 0 aliphatic heterocycles. The zero-order valence-electron chi connectivity index (χ0n) is 9.87. The van der Waals surface area contributed by atoms with Gasteiger partial charge in [-0.2, -0.15) is 0 Å². The standard InChI is InChI=1S/C10H10N4O3S2/c1-17-10(16)12-6(15)4-19-9-13-7(11)5-2-3-18-8(5)14-9/h2-3H,4H2,1H3,(H2,11,13,14)(H,12,15,16). The first-order chi connectivity index (χ1) is 9.10. The summed E-state index contributed by atoms with van der Waals surface area (Å²) < 4.78 is 4.31. The molecular weight excluding hydrogens is 288 g/mol. The molecule has 2 heterocycles. The number of nitrogens with two attached hydrogens (primary N) is 1. The van der Waals surface area contributed by atoms with E-state index in [-0.39, 0.29) is 5.75 Å². The van der Waals surface area contributed by atoms with Gasteiger partial charge in [0.15, 0.2) is 5.16 Å². The minimum Gasteiger partial charge on any atom is -0.453 e. The summed E-state index contributed by atoms with van der Waals surface area (Å²) in [5, 5.41) is 5.11. The van der Waals surface area contributed by atoms with Gasteiger partial charge in [0.05, 0.1) is 18.2 Å². The zero-order chi connectivity index (χ0) is 13.8. The largest absolute Gasteiger partial charge is 0.453 e. The molecular formula is C10H10N4O3S2. The first kappa shape index (κ1) is 13.6. The smallest absolute Gasteiger partial charge is 0.413 e. The maximum atomic E-state index is 11.4.